The predicted molar refractivity (Wildman–Crippen MR) is 139 cm³/mol. The maximum absolute atomic E-state index is 14.5. The van der Waals surface area contributed by atoms with Crippen LogP contribution in [0, 0.1) is 12.7 Å². The fourth-order valence-electron chi connectivity index (χ4n) is 3.95. The second-order valence-corrected chi connectivity index (χ2v) is 8.35. The van der Waals surface area contributed by atoms with E-state index in [0.29, 0.717) is 29.2 Å². The third-order valence-electron chi connectivity index (χ3n) is 5.79. The van der Waals surface area contributed by atoms with E-state index in [4.69, 9.17) is 10.3 Å². The normalized spacial score (nSPS) is 11.7. The lowest BCUT2D eigenvalue weighted by Crippen LogP contribution is -1.98. The number of aromatic nitrogens is 2. The number of nitrogens with zero attached hydrogens (tertiary/aromatic N) is 3. The molecule has 4 aromatic rings. The zero-order valence-corrected chi connectivity index (χ0v) is 19.7. The van der Waals surface area contributed by atoms with E-state index in [1.807, 2.05) is 55.5 Å². The van der Waals surface area contributed by atoms with Crippen molar-refractivity contribution in [2.45, 2.75) is 26.2 Å². The summed E-state index contributed by atoms with van der Waals surface area (Å²) < 4.78 is 20.1. The number of hydrogen-bond acceptors (Lipinski definition) is 5. The lowest BCUT2D eigenvalue weighted by molar-refractivity contribution is 0.408. The summed E-state index contributed by atoms with van der Waals surface area (Å²) in [7, 11) is 0. The molecule has 0 unspecified atom stereocenters. The van der Waals surface area contributed by atoms with Crippen LogP contribution in [-0.4, -0.2) is 16.9 Å². The van der Waals surface area contributed by atoms with Crippen molar-refractivity contribution < 1.29 is 8.91 Å². The maximum atomic E-state index is 14.5. The van der Waals surface area contributed by atoms with E-state index in [2.05, 4.69) is 34.5 Å². The molecule has 4 rings (SSSR count). The lowest BCUT2D eigenvalue weighted by Gasteiger charge is -2.11. The van der Waals surface area contributed by atoms with Gasteiger partial charge in [-0.2, -0.15) is 4.98 Å². The first-order valence-electron chi connectivity index (χ1n) is 11.3. The van der Waals surface area contributed by atoms with E-state index < -0.39 is 0 Å². The van der Waals surface area contributed by atoms with Gasteiger partial charge in [-0.15, -0.1) is 0 Å². The summed E-state index contributed by atoms with van der Waals surface area (Å²) in [5.41, 5.74) is 12.0. The second-order valence-electron chi connectivity index (χ2n) is 8.35. The van der Waals surface area contributed by atoms with Gasteiger partial charge in [-0.05, 0) is 60.4 Å². The molecular weight excluding hydrogens is 439 g/mol. The monoisotopic (exact) mass is 466 g/mol. The van der Waals surface area contributed by atoms with Crippen LogP contribution in [-0.2, 0) is 12.8 Å². The van der Waals surface area contributed by atoms with Gasteiger partial charge in [0.25, 0.3) is 5.89 Å². The van der Waals surface area contributed by atoms with Crippen molar-refractivity contribution in [3.05, 3.63) is 119 Å². The highest BCUT2D eigenvalue weighted by Crippen LogP contribution is 2.32. The van der Waals surface area contributed by atoms with E-state index in [9.17, 15) is 4.39 Å². The molecule has 5 nitrogen and oxygen atoms in total. The predicted octanol–water partition coefficient (Wildman–Crippen LogP) is 6.40. The first-order chi connectivity index (χ1) is 17.0. The van der Waals surface area contributed by atoms with Crippen LogP contribution in [0.4, 0.5) is 4.39 Å². The Morgan fingerprint density at radius 2 is 1.80 bits per heavy atom. The Balaban J connectivity index is 1.73. The molecule has 2 N–H and O–H groups in total. The molecule has 0 amide bonds. The molecule has 1 heterocycles. The fourth-order valence-corrected chi connectivity index (χ4v) is 3.95. The average Bonchev–Trinajstić information content (AvgIpc) is 3.34. The van der Waals surface area contributed by atoms with Gasteiger partial charge in [-0.3, -0.25) is 4.99 Å². The van der Waals surface area contributed by atoms with Gasteiger partial charge in [0.1, 0.15) is 11.5 Å². The summed E-state index contributed by atoms with van der Waals surface area (Å²) in [4.78, 5) is 8.87. The Kier molecular flexibility index (Phi) is 7.31. The molecule has 35 heavy (non-hydrogen) atoms. The molecule has 0 saturated carbocycles. The summed E-state index contributed by atoms with van der Waals surface area (Å²) in [6.45, 7) is 9.51. The highest BCUT2D eigenvalue weighted by atomic mass is 19.1. The number of aryl methyl sites for hydroxylation is 2. The zero-order chi connectivity index (χ0) is 24.8. The molecule has 6 heteroatoms. The molecular formula is C29H27FN4O. The Morgan fingerprint density at radius 1 is 1.06 bits per heavy atom. The molecule has 0 spiro atoms. The minimum absolute atomic E-state index is 0.230. The Bertz CT molecular complexity index is 1390. The first kappa shape index (κ1) is 23.8. The number of benzene rings is 3. The molecule has 0 radical (unpaired) electrons. The van der Waals surface area contributed by atoms with E-state index in [1.165, 1.54) is 6.07 Å². The molecule has 1 aromatic heterocycles. The standard InChI is InChI=1S/C29H27FN4O/c1-19-17-21(14-13-20(2)31)15-16-24(19)28-33-29(35-34-28)27(32-3)25(22-9-5-4-6-10-22)18-23-11-7-8-12-26(23)30/h4-12,15-17H,2-3,13-14,18,31H2,1H3/b27-25+. The summed E-state index contributed by atoms with van der Waals surface area (Å²) in [6.07, 6.45) is 1.84. The number of aliphatic imine (C=N–C) groups is 1. The Labute approximate surface area is 204 Å². The van der Waals surface area contributed by atoms with Crippen LogP contribution in [0.25, 0.3) is 22.7 Å². The van der Waals surface area contributed by atoms with Crippen molar-refractivity contribution in [3.8, 4) is 11.4 Å². The van der Waals surface area contributed by atoms with Crippen molar-refractivity contribution in [3.63, 3.8) is 0 Å². The number of rotatable bonds is 9. The summed E-state index contributed by atoms with van der Waals surface area (Å²) in [5.74, 6) is 0.393. The molecule has 0 aliphatic carbocycles. The van der Waals surface area contributed by atoms with E-state index in [-0.39, 0.29) is 11.7 Å². The molecule has 0 fully saturated rings. The largest absolute Gasteiger partial charge is 0.403 e. The van der Waals surface area contributed by atoms with Crippen molar-refractivity contribution in [1.29, 1.82) is 0 Å². The van der Waals surface area contributed by atoms with Crippen LogP contribution in [0.15, 0.2) is 94.6 Å². The van der Waals surface area contributed by atoms with Crippen LogP contribution < -0.4 is 5.73 Å². The van der Waals surface area contributed by atoms with Gasteiger partial charge in [0.2, 0.25) is 5.82 Å². The molecule has 0 aliphatic heterocycles. The smallest absolute Gasteiger partial charge is 0.277 e. The van der Waals surface area contributed by atoms with Gasteiger partial charge in [-0.1, -0.05) is 78.5 Å². The van der Waals surface area contributed by atoms with Gasteiger partial charge < -0.3 is 10.3 Å². The van der Waals surface area contributed by atoms with E-state index in [1.54, 1.807) is 12.1 Å². The minimum atomic E-state index is -0.288. The Morgan fingerprint density at radius 3 is 2.49 bits per heavy atom. The van der Waals surface area contributed by atoms with E-state index in [0.717, 1.165) is 40.7 Å². The van der Waals surface area contributed by atoms with Crippen LogP contribution in [0.2, 0.25) is 0 Å². The molecule has 0 atom stereocenters. The topological polar surface area (TPSA) is 77.3 Å². The number of hydrogen-bond donors (Lipinski definition) is 1. The van der Waals surface area contributed by atoms with Crippen LogP contribution in [0.5, 0.6) is 0 Å². The van der Waals surface area contributed by atoms with Crippen molar-refractivity contribution in [2.24, 2.45) is 10.7 Å². The van der Waals surface area contributed by atoms with Crippen LogP contribution in [0.1, 0.15) is 34.6 Å². The lowest BCUT2D eigenvalue weighted by atomic mass is 9.96. The molecule has 0 bridgehead atoms. The summed E-state index contributed by atoms with van der Waals surface area (Å²) >= 11 is 0. The minimum Gasteiger partial charge on any atom is -0.403 e. The summed E-state index contributed by atoms with van der Waals surface area (Å²) in [5, 5.41) is 4.20. The molecule has 176 valence electrons. The van der Waals surface area contributed by atoms with Gasteiger partial charge in [-0.25, -0.2) is 4.39 Å². The third kappa shape index (κ3) is 5.61. The highest BCUT2D eigenvalue weighted by Gasteiger charge is 2.20. The second kappa shape index (κ2) is 10.7. The van der Waals surface area contributed by atoms with Crippen molar-refractivity contribution in [2.75, 3.05) is 0 Å². The highest BCUT2D eigenvalue weighted by molar-refractivity contribution is 5.90. The average molecular weight is 467 g/mol. The van der Waals surface area contributed by atoms with Gasteiger partial charge in [0.15, 0.2) is 0 Å². The maximum Gasteiger partial charge on any atom is 0.277 e. The fraction of sp³-hybridized carbons (Fsp3) is 0.138. The number of halogens is 1. The van der Waals surface area contributed by atoms with E-state index >= 15 is 0 Å². The van der Waals surface area contributed by atoms with Crippen molar-refractivity contribution in [1.82, 2.24) is 10.1 Å². The quantitative estimate of drug-likeness (QED) is 0.290. The summed E-state index contributed by atoms with van der Waals surface area (Å²) in [6, 6.07) is 22.4. The SMILES string of the molecule is C=N/C(=C(\Cc1ccccc1F)c1ccccc1)c1nc(-c2ccc(CCC(=C)N)cc2C)no1. The number of allylic oxidation sites excluding steroid dienone is 2. The van der Waals surface area contributed by atoms with Gasteiger partial charge in [0, 0.05) is 17.7 Å². The van der Waals surface area contributed by atoms with Crippen LogP contribution >= 0.6 is 0 Å². The molecule has 0 saturated heterocycles. The van der Waals surface area contributed by atoms with Gasteiger partial charge >= 0.3 is 0 Å². The number of nitrogens with two attached hydrogens (primary N) is 1. The molecule has 0 aliphatic rings. The molecule has 3 aromatic carbocycles. The van der Waals surface area contributed by atoms with Gasteiger partial charge in [0.05, 0.1) is 0 Å². The zero-order valence-electron chi connectivity index (χ0n) is 19.7. The van der Waals surface area contributed by atoms with Crippen LogP contribution in [0.3, 0.4) is 0 Å². The van der Waals surface area contributed by atoms with Crippen molar-refractivity contribution >= 4 is 18.0 Å². The first-order valence-corrected chi connectivity index (χ1v) is 11.3. The Hall–Kier alpha value is -4.32. The third-order valence-corrected chi connectivity index (χ3v) is 5.79.